The lowest BCUT2D eigenvalue weighted by Crippen LogP contribution is -2.17. The fourth-order valence-electron chi connectivity index (χ4n) is 1.43. The van der Waals surface area contributed by atoms with E-state index in [0.717, 1.165) is 4.90 Å². The largest absolute Gasteiger partial charge is 0.411 e. The van der Waals surface area contributed by atoms with Crippen LogP contribution in [0.5, 0.6) is 0 Å². The van der Waals surface area contributed by atoms with Gasteiger partial charge in [0.1, 0.15) is 6.61 Å². The molecule has 0 aliphatic carbocycles. The van der Waals surface area contributed by atoms with Gasteiger partial charge in [-0.05, 0) is 31.7 Å². The Labute approximate surface area is 115 Å². The predicted molar refractivity (Wildman–Crippen MR) is 71.5 cm³/mol. The van der Waals surface area contributed by atoms with E-state index in [9.17, 15) is 13.2 Å². The molecular formula is C13H18F3NOS. The fraction of sp³-hybridized carbons (Fsp3) is 0.538. The van der Waals surface area contributed by atoms with Crippen molar-refractivity contribution >= 4 is 11.8 Å². The zero-order valence-electron chi connectivity index (χ0n) is 11.0. The molecule has 0 aliphatic rings. The molecule has 6 heteroatoms. The number of hydrogen-bond donors (Lipinski definition) is 1. The zero-order valence-corrected chi connectivity index (χ0v) is 11.8. The van der Waals surface area contributed by atoms with Gasteiger partial charge in [-0.1, -0.05) is 12.1 Å². The van der Waals surface area contributed by atoms with Crippen LogP contribution >= 0.6 is 11.8 Å². The zero-order chi connectivity index (χ0) is 14.3. The summed E-state index contributed by atoms with van der Waals surface area (Å²) in [5.74, 6) is 0.511. The van der Waals surface area contributed by atoms with E-state index in [1.807, 2.05) is 31.3 Å². The van der Waals surface area contributed by atoms with Crippen molar-refractivity contribution < 1.29 is 17.9 Å². The molecule has 0 amide bonds. The number of ether oxygens (including phenoxy) is 1. The number of thioether (sulfide) groups is 1. The topological polar surface area (TPSA) is 21.3 Å². The van der Waals surface area contributed by atoms with E-state index >= 15 is 0 Å². The molecule has 1 rings (SSSR count). The molecule has 19 heavy (non-hydrogen) atoms. The first-order chi connectivity index (χ1) is 8.92. The summed E-state index contributed by atoms with van der Waals surface area (Å²) in [5, 5.41) is 3.14. The van der Waals surface area contributed by atoms with Gasteiger partial charge in [0.2, 0.25) is 0 Å². The average Bonchev–Trinajstić information content (AvgIpc) is 2.37. The third-order valence-electron chi connectivity index (χ3n) is 2.58. The standard InChI is InChI=1S/C13H18F3NOS/c1-10(17-2)11-3-5-12(6-4-11)19-8-7-18-9-13(14,15)16/h3-6,10,17H,7-9H2,1-2H3. The Balaban J connectivity index is 2.27. The van der Waals surface area contributed by atoms with Gasteiger partial charge in [-0.15, -0.1) is 11.8 Å². The molecule has 0 bridgehead atoms. The van der Waals surface area contributed by atoms with Crippen LogP contribution in [0.2, 0.25) is 0 Å². The Hall–Kier alpha value is -0.720. The van der Waals surface area contributed by atoms with Gasteiger partial charge in [0.25, 0.3) is 0 Å². The van der Waals surface area contributed by atoms with E-state index in [2.05, 4.69) is 17.0 Å². The summed E-state index contributed by atoms with van der Waals surface area (Å²) in [6, 6.07) is 8.25. The van der Waals surface area contributed by atoms with Crippen molar-refractivity contribution in [2.45, 2.75) is 24.0 Å². The number of alkyl halides is 3. The van der Waals surface area contributed by atoms with Gasteiger partial charge >= 0.3 is 6.18 Å². The molecule has 0 fully saturated rings. The van der Waals surface area contributed by atoms with Gasteiger partial charge in [-0.25, -0.2) is 0 Å². The second kappa shape index (κ2) is 7.77. The van der Waals surface area contributed by atoms with E-state index in [4.69, 9.17) is 0 Å². The maximum atomic E-state index is 11.8. The minimum absolute atomic E-state index is 0.0961. The highest BCUT2D eigenvalue weighted by molar-refractivity contribution is 7.99. The predicted octanol–water partition coefficient (Wildman–Crippen LogP) is 3.64. The highest BCUT2D eigenvalue weighted by Gasteiger charge is 2.27. The molecule has 0 saturated carbocycles. The number of nitrogens with one attached hydrogen (secondary N) is 1. The smallest absolute Gasteiger partial charge is 0.371 e. The molecule has 0 radical (unpaired) electrons. The molecule has 0 heterocycles. The molecular weight excluding hydrogens is 275 g/mol. The van der Waals surface area contributed by atoms with Crippen molar-refractivity contribution in [1.82, 2.24) is 5.32 Å². The molecule has 108 valence electrons. The monoisotopic (exact) mass is 293 g/mol. The van der Waals surface area contributed by atoms with Crippen molar-refractivity contribution in [1.29, 1.82) is 0 Å². The lowest BCUT2D eigenvalue weighted by molar-refractivity contribution is -0.172. The summed E-state index contributed by atoms with van der Waals surface area (Å²) in [6.45, 7) is 0.984. The Kier molecular flexibility index (Phi) is 6.68. The minimum Gasteiger partial charge on any atom is -0.371 e. The summed E-state index contributed by atoms with van der Waals surface area (Å²) in [7, 11) is 1.89. The second-order valence-electron chi connectivity index (χ2n) is 4.10. The first-order valence-corrected chi connectivity index (χ1v) is 6.95. The Morgan fingerprint density at radius 2 is 1.89 bits per heavy atom. The summed E-state index contributed by atoms with van der Waals surface area (Å²) in [5.41, 5.74) is 1.18. The minimum atomic E-state index is -4.24. The molecule has 1 aromatic rings. The van der Waals surface area contributed by atoms with Crippen LogP contribution in [-0.4, -0.2) is 32.2 Å². The Morgan fingerprint density at radius 1 is 1.26 bits per heavy atom. The van der Waals surface area contributed by atoms with E-state index in [1.165, 1.54) is 17.3 Å². The average molecular weight is 293 g/mol. The number of hydrogen-bond acceptors (Lipinski definition) is 3. The lowest BCUT2D eigenvalue weighted by atomic mass is 10.1. The Morgan fingerprint density at radius 3 is 2.42 bits per heavy atom. The van der Waals surface area contributed by atoms with E-state index in [-0.39, 0.29) is 12.6 Å². The van der Waals surface area contributed by atoms with Crippen molar-refractivity contribution in [2.24, 2.45) is 0 Å². The van der Waals surface area contributed by atoms with Crippen LogP contribution in [0.3, 0.4) is 0 Å². The van der Waals surface area contributed by atoms with E-state index in [1.54, 1.807) is 0 Å². The Bertz CT molecular complexity index is 367. The van der Waals surface area contributed by atoms with Gasteiger partial charge in [-0.3, -0.25) is 0 Å². The van der Waals surface area contributed by atoms with Gasteiger partial charge in [0.15, 0.2) is 0 Å². The third kappa shape index (κ3) is 6.84. The van der Waals surface area contributed by atoms with Crippen molar-refractivity contribution in [3.05, 3.63) is 29.8 Å². The molecule has 1 aromatic carbocycles. The molecule has 0 aromatic heterocycles. The van der Waals surface area contributed by atoms with Crippen molar-refractivity contribution in [3.63, 3.8) is 0 Å². The maximum Gasteiger partial charge on any atom is 0.411 e. The second-order valence-corrected chi connectivity index (χ2v) is 5.26. The lowest BCUT2D eigenvalue weighted by Gasteiger charge is -2.11. The van der Waals surface area contributed by atoms with Gasteiger partial charge in [-0.2, -0.15) is 13.2 Å². The molecule has 1 atom stereocenters. The molecule has 1 unspecified atom stereocenters. The molecule has 2 nitrogen and oxygen atoms in total. The van der Waals surface area contributed by atoms with Crippen molar-refractivity contribution in [2.75, 3.05) is 26.0 Å². The molecule has 1 N–H and O–H groups in total. The summed E-state index contributed by atoms with van der Waals surface area (Å²) in [4.78, 5) is 1.03. The normalized spacial score (nSPS) is 13.5. The SMILES string of the molecule is CNC(C)c1ccc(SCCOCC(F)(F)F)cc1. The fourth-order valence-corrected chi connectivity index (χ4v) is 2.19. The number of benzene rings is 1. The quantitative estimate of drug-likeness (QED) is 0.612. The highest BCUT2D eigenvalue weighted by atomic mass is 32.2. The van der Waals surface area contributed by atoms with Gasteiger partial charge in [0, 0.05) is 16.7 Å². The first kappa shape index (κ1) is 16.3. The summed E-state index contributed by atoms with van der Waals surface area (Å²) in [6.07, 6.45) is -4.24. The van der Waals surface area contributed by atoms with Crippen LogP contribution < -0.4 is 5.32 Å². The van der Waals surface area contributed by atoms with Gasteiger partial charge < -0.3 is 10.1 Å². The summed E-state index contributed by atoms with van der Waals surface area (Å²) >= 11 is 1.49. The van der Waals surface area contributed by atoms with Crippen LogP contribution in [0.15, 0.2) is 29.2 Å². The molecule has 0 spiro atoms. The number of rotatable bonds is 7. The van der Waals surface area contributed by atoms with Crippen LogP contribution in [-0.2, 0) is 4.74 Å². The summed E-state index contributed by atoms with van der Waals surface area (Å²) < 4.78 is 40.0. The maximum absolute atomic E-state index is 11.8. The molecule has 0 saturated heterocycles. The molecule has 0 aliphatic heterocycles. The van der Waals surface area contributed by atoms with Gasteiger partial charge in [0.05, 0.1) is 6.61 Å². The van der Waals surface area contributed by atoms with Crippen molar-refractivity contribution in [3.8, 4) is 0 Å². The first-order valence-electron chi connectivity index (χ1n) is 5.97. The van der Waals surface area contributed by atoms with Crippen LogP contribution in [0, 0.1) is 0 Å². The van der Waals surface area contributed by atoms with Crippen LogP contribution in [0.4, 0.5) is 13.2 Å². The third-order valence-corrected chi connectivity index (χ3v) is 3.55. The number of halogens is 3. The highest BCUT2D eigenvalue weighted by Crippen LogP contribution is 2.21. The van der Waals surface area contributed by atoms with Crippen LogP contribution in [0.25, 0.3) is 0 Å². The van der Waals surface area contributed by atoms with Crippen LogP contribution in [0.1, 0.15) is 18.5 Å². The van der Waals surface area contributed by atoms with E-state index in [0.29, 0.717) is 5.75 Å². The van der Waals surface area contributed by atoms with E-state index < -0.39 is 12.8 Å².